The average molecular weight is 434 g/mol. The van der Waals surface area contributed by atoms with Crippen LogP contribution in [0.15, 0.2) is 54.7 Å². The smallest absolute Gasteiger partial charge is 0.262 e. The highest BCUT2D eigenvalue weighted by atomic mass is 79.9. The van der Waals surface area contributed by atoms with Crippen molar-refractivity contribution >= 4 is 11.6 Å². The number of hydrogen-bond donors (Lipinski definition) is 0. The summed E-state index contributed by atoms with van der Waals surface area (Å²) in [4.78, 5) is 0. The first-order valence-electron chi connectivity index (χ1n) is 8.81. The highest BCUT2D eigenvalue weighted by Gasteiger charge is 2.26. The SMILES string of the molecule is COc1ccc(-n2cc(-c3ccc(Cl)cc3)[n+]3c2CCCCC3)cc1.[Br-]. The lowest BCUT2D eigenvalue weighted by molar-refractivity contribution is -0.692. The van der Waals surface area contributed by atoms with Gasteiger partial charge in [0.2, 0.25) is 0 Å². The first-order chi connectivity index (χ1) is 12.3. The second-order valence-electron chi connectivity index (χ2n) is 6.47. The molecule has 26 heavy (non-hydrogen) atoms. The van der Waals surface area contributed by atoms with E-state index >= 15 is 0 Å². The van der Waals surface area contributed by atoms with Gasteiger partial charge in [0.25, 0.3) is 5.82 Å². The van der Waals surface area contributed by atoms with Crippen molar-refractivity contribution in [3.8, 4) is 22.7 Å². The number of rotatable bonds is 3. The number of nitrogens with zero attached hydrogens (tertiary/aromatic N) is 2. The Kier molecular flexibility index (Phi) is 6.05. The second kappa shape index (κ2) is 8.28. The maximum absolute atomic E-state index is 6.07. The molecule has 3 nitrogen and oxygen atoms in total. The summed E-state index contributed by atoms with van der Waals surface area (Å²) in [7, 11) is 1.70. The number of benzene rings is 2. The Morgan fingerprint density at radius 3 is 2.38 bits per heavy atom. The number of aromatic nitrogens is 2. The van der Waals surface area contributed by atoms with Crippen molar-refractivity contribution in [3.63, 3.8) is 0 Å². The van der Waals surface area contributed by atoms with Gasteiger partial charge in [0.05, 0.1) is 13.7 Å². The van der Waals surface area contributed by atoms with Crippen LogP contribution in [0.3, 0.4) is 0 Å². The zero-order valence-corrected chi connectivity index (χ0v) is 17.1. The highest BCUT2D eigenvalue weighted by molar-refractivity contribution is 6.30. The number of fused-ring (bicyclic) bond motifs is 1. The van der Waals surface area contributed by atoms with Gasteiger partial charge in [-0.25, -0.2) is 4.57 Å². The molecule has 0 fully saturated rings. The fourth-order valence-corrected chi connectivity index (χ4v) is 3.71. The van der Waals surface area contributed by atoms with E-state index in [2.05, 4.69) is 39.6 Å². The standard InChI is InChI=1S/C21H22ClN2O.BrH/c1-25-19-12-10-18(11-13-19)24-15-20(16-6-8-17(22)9-7-16)23-14-4-2-3-5-21(23)24;/h6-13,15H,2-5,14H2,1H3;1H/q+1;/p-1. The Hall–Kier alpha value is -1.78. The number of hydrogen-bond acceptors (Lipinski definition) is 1. The van der Waals surface area contributed by atoms with E-state index < -0.39 is 0 Å². The number of halogens is 2. The van der Waals surface area contributed by atoms with Gasteiger partial charge in [0.1, 0.15) is 17.6 Å². The molecule has 2 heterocycles. The molecule has 0 atom stereocenters. The predicted molar refractivity (Wildman–Crippen MR) is 101 cm³/mol. The predicted octanol–water partition coefficient (Wildman–Crippen LogP) is 1.82. The third-order valence-corrected chi connectivity index (χ3v) is 5.16. The van der Waals surface area contributed by atoms with Crippen LogP contribution in [0.25, 0.3) is 16.9 Å². The summed E-state index contributed by atoms with van der Waals surface area (Å²) in [6, 6.07) is 16.4. The van der Waals surface area contributed by atoms with E-state index in [1.807, 2.05) is 24.3 Å². The third-order valence-electron chi connectivity index (χ3n) is 4.90. The first-order valence-corrected chi connectivity index (χ1v) is 9.18. The van der Waals surface area contributed by atoms with Gasteiger partial charge < -0.3 is 21.7 Å². The molecule has 0 saturated carbocycles. The van der Waals surface area contributed by atoms with Crippen molar-refractivity contribution in [3.05, 3.63) is 65.6 Å². The van der Waals surface area contributed by atoms with Gasteiger partial charge in [-0.05, 0) is 67.8 Å². The summed E-state index contributed by atoms with van der Waals surface area (Å²) < 4.78 is 10.1. The van der Waals surface area contributed by atoms with Crippen molar-refractivity contribution in [1.29, 1.82) is 0 Å². The van der Waals surface area contributed by atoms with Crippen LogP contribution >= 0.6 is 11.6 Å². The van der Waals surface area contributed by atoms with Gasteiger partial charge >= 0.3 is 0 Å². The summed E-state index contributed by atoms with van der Waals surface area (Å²) in [6.07, 6.45) is 7.10. The molecule has 0 bridgehead atoms. The van der Waals surface area contributed by atoms with Crippen molar-refractivity contribution in [2.75, 3.05) is 7.11 Å². The minimum absolute atomic E-state index is 0. The molecule has 0 unspecified atom stereocenters. The molecule has 0 aliphatic carbocycles. The molecule has 1 aromatic heterocycles. The monoisotopic (exact) mass is 432 g/mol. The number of imidazole rings is 1. The Labute approximate surface area is 170 Å². The molecule has 0 radical (unpaired) electrons. The fourth-order valence-electron chi connectivity index (χ4n) is 3.59. The van der Waals surface area contributed by atoms with Gasteiger partial charge in [0.15, 0.2) is 5.69 Å². The molecule has 5 heteroatoms. The second-order valence-corrected chi connectivity index (χ2v) is 6.90. The molecule has 0 spiro atoms. The minimum Gasteiger partial charge on any atom is -1.00 e. The van der Waals surface area contributed by atoms with E-state index in [1.54, 1.807) is 7.11 Å². The van der Waals surface area contributed by atoms with Gasteiger partial charge in [0, 0.05) is 17.0 Å². The van der Waals surface area contributed by atoms with E-state index in [-0.39, 0.29) is 17.0 Å². The van der Waals surface area contributed by atoms with Crippen LogP contribution in [-0.4, -0.2) is 11.7 Å². The van der Waals surface area contributed by atoms with E-state index in [9.17, 15) is 0 Å². The van der Waals surface area contributed by atoms with Crippen molar-refractivity contribution < 1.29 is 26.3 Å². The van der Waals surface area contributed by atoms with Crippen molar-refractivity contribution in [1.82, 2.24) is 4.57 Å². The maximum Gasteiger partial charge on any atom is 0.262 e. The van der Waals surface area contributed by atoms with Crippen LogP contribution in [0.4, 0.5) is 0 Å². The molecule has 0 saturated heterocycles. The van der Waals surface area contributed by atoms with E-state index in [0.29, 0.717) is 0 Å². The minimum atomic E-state index is 0. The zero-order valence-electron chi connectivity index (χ0n) is 14.8. The largest absolute Gasteiger partial charge is 1.00 e. The third kappa shape index (κ3) is 3.67. The van der Waals surface area contributed by atoms with Gasteiger partial charge in [-0.2, -0.15) is 4.57 Å². The highest BCUT2D eigenvalue weighted by Crippen LogP contribution is 2.25. The van der Waals surface area contributed by atoms with Crippen LogP contribution in [-0.2, 0) is 13.0 Å². The molecule has 1 aliphatic rings. The molecular formula is C21H22BrClN2O. The quantitative estimate of drug-likeness (QED) is 0.576. The lowest BCUT2D eigenvalue weighted by Crippen LogP contribution is -3.00. The van der Waals surface area contributed by atoms with E-state index in [1.165, 1.54) is 42.0 Å². The summed E-state index contributed by atoms with van der Waals surface area (Å²) in [5.41, 5.74) is 3.64. The molecule has 4 rings (SSSR count). The summed E-state index contributed by atoms with van der Waals surface area (Å²) >= 11 is 6.07. The normalized spacial score (nSPS) is 13.5. The lowest BCUT2D eigenvalue weighted by atomic mass is 10.1. The maximum atomic E-state index is 6.07. The fraction of sp³-hybridized carbons (Fsp3) is 0.286. The lowest BCUT2D eigenvalue weighted by Gasteiger charge is -2.04. The van der Waals surface area contributed by atoms with E-state index in [4.69, 9.17) is 16.3 Å². The topological polar surface area (TPSA) is 18.0 Å². The Bertz CT molecular complexity index is 872. The molecule has 3 aromatic rings. The van der Waals surface area contributed by atoms with E-state index in [0.717, 1.165) is 23.7 Å². The van der Waals surface area contributed by atoms with Crippen molar-refractivity contribution in [2.45, 2.75) is 32.2 Å². The van der Waals surface area contributed by atoms with Crippen LogP contribution in [0.1, 0.15) is 25.1 Å². The summed E-state index contributed by atoms with van der Waals surface area (Å²) in [6.45, 7) is 1.07. The average Bonchev–Trinajstić information content (AvgIpc) is 2.84. The Morgan fingerprint density at radius 1 is 0.962 bits per heavy atom. The first kappa shape index (κ1) is 19.0. The van der Waals surface area contributed by atoms with Crippen molar-refractivity contribution in [2.24, 2.45) is 0 Å². The Morgan fingerprint density at radius 2 is 1.69 bits per heavy atom. The van der Waals surface area contributed by atoms with Crippen LogP contribution < -0.4 is 26.3 Å². The van der Waals surface area contributed by atoms with Crippen LogP contribution in [0.5, 0.6) is 5.75 Å². The molecule has 136 valence electrons. The number of ether oxygens (including phenoxy) is 1. The van der Waals surface area contributed by atoms with Gasteiger partial charge in [-0.15, -0.1) is 0 Å². The van der Waals surface area contributed by atoms with Crippen LogP contribution in [0, 0.1) is 0 Å². The summed E-state index contributed by atoms with van der Waals surface area (Å²) in [5.74, 6) is 2.25. The molecule has 0 N–H and O–H groups in total. The zero-order chi connectivity index (χ0) is 17.2. The molecule has 0 amide bonds. The molecule has 2 aromatic carbocycles. The van der Waals surface area contributed by atoms with Crippen LogP contribution in [0.2, 0.25) is 5.02 Å². The molecular weight excluding hydrogens is 412 g/mol. The van der Waals surface area contributed by atoms with Gasteiger partial charge in [-0.1, -0.05) is 11.6 Å². The molecule has 1 aliphatic heterocycles. The number of methoxy groups -OCH3 is 1. The Balaban J connectivity index is 0.00000196. The summed E-state index contributed by atoms with van der Waals surface area (Å²) in [5, 5.41) is 0.773. The van der Waals surface area contributed by atoms with Gasteiger partial charge in [-0.3, -0.25) is 0 Å².